The Labute approximate surface area is 158 Å². The Kier molecular flexibility index (Phi) is 5.99. The fraction of sp³-hybridized carbons (Fsp3) is 0.190. The smallest absolute Gasteiger partial charge is 0.233 e. The summed E-state index contributed by atoms with van der Waals surface area (Å²) in [7, 11) is 1.60. The molecule has 3 rings (SSSR count). The summed E-state index contributed by atoms with van der Waals surface area (Å²) >= 11 is 0. The van der Waals surface area contributed by atoms with Gasteiger partial charge in [0.05, 0.1) is 25.8 Å². The summed E-state index contributed by atoms with van der Waals surface area (Å²) in [5, 5.41) is 11.1. The predicted octanol–water partition coefficient (Wildman–Crippen LogP) is 3.73. The normalized spacial score (nSPS) is 10.3. The van der Waals surface area contributed by atoms with Crippen LogP contribution in [0.25, 0.3) is 11.3 Å². The third kappa shape index (κ3) is 4.82. The molecule has 1 aromatic heterocycles. The first-order chi connectivity index (χ1) is 13.2. The topological polar surface area (TPSA) is 73.3 Å². The number of rotatable bonds is 7. The second kappa shape index (κ2) is 8.80. The zero-order valence-electron chi connectivity index (χ0n) is 15.3. The van der Waals surface area contributed by atoms with Gasteiger partial charge in [-0.25, -0.2) is 0 Å². The van der Waals surface area contributed by atoms with Crippen LogP contribution in [0.15, 0.2) is 60.7 Å². The van der Waals surface area contributed by atoms with Gasteiger partial charge in [-0.1, -0.05) is 30.3 Å². The number of methoxy groups -OCH3 is 1. The minimum atomic E-state index is -0.104. The molecule has 6 heteroatoms. The standard InChI is InChI=1S/C21H21N3O3/c1-3-27-21-13-12-18(23-24-21)15-8-10-17(11-9-15)22-20(25)14-16-6-4-5-7-19(16)26-2/h4-13H,3,14H2,1-2H3,(H,22,25). The Bertz CT molecular complexity index is 893. The number of aromatic nitrogens is 2. The maximum absolute atomic E-state index is 12.3. The molecule has 0 bridgehead atoms. The van der Waals surface area contributed by atoms with E-state index in [0.29, 0.717) is 18.2 Å². The Morgan fingerprint density at radius 2 is 1.78 bits per heavy atom. The molecule has 0 spiro atoms. The fourth-order valence-corrected chi connectivity index (χ4v) is 2.65. The quantitative estimate of drug-likeness (QED) is 0.692. The molecule has 0 radical (unpaired) electrons. The van der Waals surface area contributed by atoms with Crippen LogP contribution in [0.4, 0.5) is 5.69 Å². The number of para-hydroxylation sites is 1. The number of hydrogen-bond acceptors (Lipinski definition) is 5. The van der Waals surface area contributed by atoms with E-state index in [1.807, 2.05) is 61.5 Å². The van der Waals surface area contributed by atoms with E-state index in [9.17, 15) is 4.79 Å². The highest BCUT2D eigenvalue weighted by atomic mass is 16.5. The van der Waals surface area contributed by atoms with Crippen LogP contribution in [0, 0.1) is 0 Å². The highest BCUT2D eigenvalue weighted by Gasteiger charge is 2.09. The SMILES string of the molecule is CCOc1ccc(-c2ccc(NC(=O)Cc3ccccc3OC)cc2)nn1. The zero-order chi connectivity index (χ0) is 19.1. The third-order valence-electron chi connectivity index (χ3n) is 3.94. The van der Waals surface area contributed by atoms with E-state index in [4.69, 9.17) is 9.47 Å². The lowest BCUT2D eigenvalue weighted by Crippen LogP contribution is -2.14. The van der Waals surface area contributed by atoms with E-state index in [2.05, 4.69) is 15.5 Å². The molecular weight excluding hydrogens is 342 g/mol. The van der Waals surface area contributed by atoms with Crippen LogP contribution in [-0.4, -0.2) is 29.8 Å². The molecule has 3 aromatic rings. The Hall–Kier alpha value is -3.41. The lowest BCUT2D eigenvalue weighted by Gasteiger charge is -2.09. The second-order valence-electron chi connectivity index (χ2n) is 5.80. The molecule has 1 N–H and O–H groups in total. The molecule has 0 aliphatic heterocycles. The van der Waals surface area contributed by atoms with Crippen LogP contribution in [0.5, 0.6) is 11.6 Å². The lowest BCUT2D eigenvalue weighted by atomic mass is 10.1. The Morgan fingerprint density at radius 1 is 1.00 bits per heavy atom. The monoisotopic (exact) mass is 363 g/mol. The van der Waals surface area contributed by atoms with Crippen LogP contribution in [0.2, 0.25) is 0 Å². The van der Waals surface area contributed by atoms with Crippen LogP contribution >= 0.6 is 0 Å². The average Bonchev–Trinajstić information content (AvgIpc) is 2.70. The van der Waals surface area contributed by atoms with Gasteiger partial charge in [0.25, 0.3) is 0 Å². The van der Waals surface area contributed by atoms with Crippen LogP contribution in [0.3, 0.4) is 0 Å². The van der Waals surface area contributed by atoms with Gasteiger partial charge >= 0.3 is 0 Å². The number of carbonyl (C=O) groups excluding carboxylic acids is 1. The molecule has 6 nitrogen and oxygen atoms in total. The first-order valence-electron chi connectivity index (χ1n) is 8.68. The first kappa shape index (κ1) is 18.4. The second-order valence-corrected chi connectivity index (χ2v) is 5.80. The maximum Gasteiger partial charge on any atom is 0.233 e. The summed E-state index contributed by atoms with van der Waals surface area (Å²) in [5.41, 5.74) is 3.22. The van der Waals surface area contributed by atoms with Crippen LogP contribution in [-0.2, 0) is 11.2 Å². The summed E-state index contributed by atoms with van der Waals surface area (Å²) in [4.78, 5) is 12.3. The number of amides is 1. The molecule has 0 unspecified atom stereocenters. The third-order valence-corrected chi connectivity index (χ3v) is 3.94. The van der Waals surface area contributed by atoms with Gasteiger partial charge in [0, 0.05) is 22.9 Å². The molecule has 2 aromatic carbocycles. The van der Waals surface area contributed by atoms with Crippen molar-refractivity contribution in [3.8, 4) is 22.9 Å². The molecule has 0 aliphatic carbocycles. The van der Waals surface area contributed by atoms with E-state index in [1.165, 1.54) is 0 Å². The largest absolute Gasteiger partial charge is 0.496 e. The molecule has 1 heterocycles. The summed E-state index contributed by atoms with van der Waals surface area (Å²) in [6.45, 7) is 2.45. The van der Waals surface area contributed by atoms with Gasteiger partial charge < -0.3 is 14.8 Å². The zero-order valence-corrected chi connectivity index (χ0v) is 15.3. The van der Waals surface area contributed by atoms with E-state index >= 15 is 0 Å². The van der Waals surface area contributed by atoms with Gasteiger partial charge in [0.15, 0.2) is 0 Å². The van der Waals surface area contributed by atoms with Crippen molar-refractivity contribution in [2.75, 3.05) is 19.0 Å². The fourth-order valence-electron chi connectivity index (χ4n) is 2.65. The number of nitrogens with one attached hydrogen (secondary N) is 1. The minimum Gasteiger partial charge on any atom is -0.496 e. The van der Waals surface area contributed by atoms with E-state index in [-0.39, 0.29) is 12.3 Å². The van der Waals surface area contributed by atoms with Crippen LogP contribution in [0.1, 0.15) is 12.5 Å². The number of hydrogen-bond donors (Lipinski definition) is 1. The molecular formula is C21H21N3O3. The van der Waals surface area contributed by atoms with E-state index in [1.54, 1.807) is 13.2 Å². The number of ether oxygens (including phenoxy) is 2. The van der Waals surface area contributed by atoms with Crippen molar-refractivity contribution in [3.05, 3.63) is 66.2 Å². The molecule has 0 saturated carbocycles. The Balaban J connectivity index is 1.64. The number of benzene rings is 2. The van der Waals surface area contributed by atoms with Gasteiger partial charge in [-0.15, -0.1) is 10.2 Å². The maximum atomic E-state index is 12.3. The van der Waals surface area contributed by atoms with Crippen molar-refractivity contribution < 1.29 is 14.3 Å². The summed E-state index contributed by atoms with van der Waals surface area (Å²) in [6, 6.07) is 18.6. The first-order valence-corrected chi connectivity index (χ1v) is 8.68. The summed E-state index contributed by atoms with van der Waals surface area (Å²) in [5.74, 6) is 1.10. The number of nitrogens with zero attached hydrogens (tertiary/aromatic N) is 2. The molecule has 0 saturated heterocycles. The average molecular weight is 363 g/mol. The highest BCUT2D eigenvalue weighted by molar-refractivity contribution is 5.92. The van der Waals surface area contributed by atoms with E-state index in [0.717, 1.165) is 22.5 Å². The van der Waals surface area contributed by atoms with Crippen molar-refractivity contribution in [1.29, 1.82) is 0 Å². The van der Waals surface area contributed by atoms with Crippen LogP contribution < -0.4 is 14.8 Å². The molecule has 0 fully saturated rings. The highest BCUT2D eigenvalue weighted by Crippen LogP contribution is 2.21. The van der Waals surface area contributed by atoms with Crippen molar-refractivity contribution in [2.24, 2.45) is 0 Å². The molecule has 138 valence electrons. The predicted molar refractivity (Wildman–Crippen MR) is 104 cm³/mol. The number of anilines is 1. The number of carbonyl (C=O) groups is 1. The molecule has 0 atom stereocenters. The van der Waals surface area contributed by atoms with Gasteiger partial charge in [0.1, 0.15) is 5.75 Å². The Morgan fingerprint density at radius 3 is 2.44 bits per heavy atom. The van der Waals surface area contributed by atoms with Crippen molar-refractivity contribution in [1.82, 2.24) is 10.2 Å². The van der Waals surface area contributed by atoms with E-state index < -0.39 is 0 Å². The minimum absolute atomic E-state index is 0.104. The van der Waals surface area contributed by atoms with Crippen molar-refractivity contribution in [2.45, 2.75) is 13.3 Å². The van der Waals surface area contributed by atoms with Gasteiger partial charge in [-0.2, -0.15) is 0 Å². The van der Waals surface area contributed by atoms with Gasteiger partial charge in [-0.3, -0.25) is 4.79 Å². The van der Waals surface area contributed by atoms with Crippen molar-refractivity contribution >= 4 is 11.6 Å². The molecule has 0 aliphatic rings. The van der Waals surface area contributed by atoms with Gasteiger partial charge in [-0.05, 0) is 31.2 Å². The lowest BCUT2D eigenvalue weighted by molar-refractivity contribution is -0.115. The summed E-state index contributed by atoms with van der Waals surface area (Å²) < 4.78 is 10.6. The molecule has 27 heavy (non-hydrogen) atoms. The van der Waals surface area contributed by atoms with Crippen molar-refractivity contribution in [3.63, 3.8) is 0 Å². The summed E-state index contributed by atoms with van der Waals surface area (Å²) in [6.07, 6.45) is 0.246. The molecule has 1 amide bonds. The van der Waals surface area contributed by atoms with Gasteiger partial charge in [0.2, 0.25) is 11.8 Å².